The van der Waals surface area contributed by atoms with Crippen molar-refractivity contribution in [2.24, 2.45) is 0 Å². The molecule has 0 fully saturated rings. The van der Waals surface area contributed by atoms with Gasteiger partial charge >= 0.3 is 12.2 Å². The van der Waals surface area contributed by atoms with Crippen LogP contribution in [0.2, 0.25) is 0 Å². The molecule has 0 saturated carbocycles. The van der Waals surface area contributed by atoms with E-state index in [1.165, 1.54) is 41.9 Å². The van der Waals surface area contributed by atoms with Crippen molar-refractivity contribution in [2.75, 3.05) is 7.05 Å². The Morgan fingerprint density at radius 1 is 0.895 bits per heavy atom. The van der Waals surface area contributed by atoms with Crippen molar-refractivity contribution in [2.45, 2.75) is 31.1 Å². The van der Waals surface area contributed by atoms with E-state index in [0.29, 0.717) is 11.1 Å². The van der Waals surface area contributed by atoms with Crippen molar-refractivity contribution < 1.29 is 41.5 Å². The highest BCUT2D eigenvalue weighted by molar-refractivity contribution is 5.98. The van der Waals surface area contributed by atoms with E-state index in [9.17, 15) is 36.3 Å². The van der Waals surface area contributed by atoms with Crippen LogP contribution in [0.4, 0.5) is 26.7 Å². The van der Waals surface area contributed by atoms with E-state index < -0.39 is 47.6 Å². The Kier molecular flexibility index (Phi) is 9.79. The van der Waals surface area contributed by atoms with Crippen molar-refractivity contribution in [1.29, 1.82) is 0 Å². The number of benzene rings is 2. The Balaban J connectivity index is 2.16. The number of amides is 4. The quantitative estimate of drug-likeness (QED) is 0.169. The third-order valence-corrected chi connectivity index (χ3v) is 5.15. The smallest absolute Gasteiger partial charge is 0.341 e. The first kappa shape index (κ1) is 29.6. The number of carbonyl (C=O) groups excluding carboxylic acids is 3. The van der Waals surface area contributed by atoms with Gasteiger partial charge in [-0.2, -0.15) is 13.2 Å². The molecule has 0 aliphatic rings. The molecule has 0 heterocycles. The van der Waals surface area contributed by atoms with Crippen LogP contribution in [0, 0.1) is 23.7 Å². The highest BCUT2D eigenvalue weighted by atomic mass is 19.4. The summed E-state index contributed by atoms with van der Waals surface area (Å²) in [5, 5.41) is 15.0. The molecule has 0 spiro atoms. The molecule has 2 atom stereocenters. The number of carbonyl (C=O) groups is 3. The molecular weight excluding hydrogens is 515 g/mol. The molecule has 0 aliphatic carbocycles. The third-order valence-electron chi connectivity index (χ3n) is 5.15. The monoisotopic (exact) mass is 536 g/mol. The van der Waals surface area contributed by atoms with Gasteiger partial charge in [-0.05, 0) is 67.3 Å². The van der Waals surface area contributed by atoms with Gasteiger partial charge in [0, 0.05) is 23.7 Å². The van der Waals surface area contributed by atoms with Gasteiger partial charge in [-0.25, -0.2) is 19.1 Å². The van der Waals surface area contributed by atoms with Gasteiger partial charge in [0.25, 0.3) is 18.2 Å². The molecule has 38 heavy (non-hydrogen) atoms. The van der Waals surface area contributed by atoms with Crippen LogP contribution >= 0.6 is 0 Å². The number of hydrogen-bond acceptors (Lipinski definition) is 4. The van der Waals surface area contributed by atoms with E-state index in [-0.39, 0.29) is 5.56 Å². The number of halogens is 5. The maximum Gasteiger partial charge on any atom is 0.416 e. The summed E-state index contributed by atoms with van der Waals surface area (Å²) in [6, 6.07) is 6.44. The standard InChI is InChI=1S/C25H21F5N4O4/c1-24(22(26)27,33-23(37)31-2)19(21(36)34-38)32-20(35)17-11-7-15(8-12-17)5-3-4-6-16-9-13-18(14-10-16)25(28,29)30/h7-14,19,22,38H,1-2H3,(H,32,35)(H,34,36)(H2,31,33,37). The van der Waals surface area contributed by atoms with Crippen LogP contribution in [-0.4, -0.2) is 48.1 Å². The number of nitrogens with one attached hydrogen (secondary N) is 4. The molecule has 4 amide bonds. The second kappa shape index (κ2) is 12.6. The largest absolute Gasteiger partial charge is 0.416 e. The summed E-state index contributed by atoms with van der Waals surface area (Å²) in [6.07, 6.45) is -7.78. The van der Waals surface area contributed by atoms with Crippen LogP contribution in [-0.2, 0) is 11.0 Å². The molecule has 2 aromatic rings. The van der Waals surface area contributed by atoms with E-state index in [2.05, 4.69) is 34.3 Å². The summed E-state index contributed by atoms with van der Waals surface area (Å²) < 4.78 is 65.4. The zero-order chi connectivity index (χ0) is 28.5. The van der Waals surface area contributed by atoms with Crippen LogP contribution in [0.25, 0.3) is 0 Å². The molecule has 0 aromatic heterocycles. The Hall–Kier alpha value is -4.62. The summed E-state index contributed by atoms with van der Waals surface area (Å²) in [6.45, 7) is 0.817. The summed E-state index contributed by atoms with van der Waals surface area (Å²) in [4.78, 5) is 36.4. The Bertz CT molecular complexity index is 1290. The molecule has 8 nitrogen and oxygen atoms in total. The molecule has 0 aliphatic heterocycles. The van der Waals surface area contributed by atoms with Gasteiger partial charge in [0.05, 0.1) is 5.56 Å². The molecule has 0 bridgehead atoms. The van der Waals surface area contributed by atoms with Crippen LogP contribution < -0.4 is 21.4 Å². The van der Waals surface area contributed by atoms with Crippen LogP contribution in [0.15, 0.2) is 48.5 Å². The molecule has 2 rings (SSSR count). The van der Waals surface area contributed by atoms with E-state index >= 15 is 0 Å². The second-order valence-corrected chi connectivity index (χ2v) is 7.82. The lowest BCUT2D eigenvalue weighted by atomic mass is 9.91. The lowest BCUT2D eigenvalue weighted by Crippen LogP contribution is -2.69. The fourth-order valence-corrected chi connectivity index (χ4v) is 2.98. The average Bonchev–Trinajstić information content (AvgIpc) is 2.88. The summed E-state index contributed by atoms with van der Waals surface area (Å²) in [7, 11) is 1.16. The predicted molar refractivity (Wildman–Crippen MR) is 125 cm³/mol. The molecule has 2 unspecified atom stereocenters. The zero-order valence-corrected chi connectivity index (χ0v) is 19.8. The van der Waals surface area contributed by atoms with E-state index in [4.69, 9.17) is 5.21 Å². The summed E-state index contributed by atoms with van der Waals surface area (Å²) in [5.41, 5.74) is -1.55. The third kappa shape index (κ3) is 7.69. The Morgan fingerprint density at radius 2 is 1.39 bits per heavy atom. The van der Waals surface area contributed by atoms with Crippen molar-refractivity contribution in [3.63, 3.8) is 0 Å². The second-order valence-electron chi connectivity index (χ2n) is 7.82. The van der Waals surface area contributed by atoms with Gasteiger partial charge in [-0.3, -0.25) is 14.8 Å². The molecule has 5 N–H and O–H groups in total. The Morgan fingerprint density at radius 3 is 1.82 bits per heavy atom. The lowest BCUT2D eigenvalue weighted by Gasteiger charge is -2.36. The minimum Gasteiger partial charge on any atom is -0.341 e. The van der Waals surface area contributed by atoms with Gasteiger partial charge in [-0.1, -0.05) is 11.8 Å². The first-order valence-corrected chi connectivity index (χ1v) is 10.6. The minimum atomic E-state index is -4.45. The fourth-order valence-electron chi connectivity index (χ4n) is 2.98. The van der Waals surface area contributed by atoms with Crippen LogP contribution in [0.1, 0.15) is 34.0 Å². The molecule has 13 heteroatoms. The maximum atomic E-state index is 13.8. The molecule has 0 saturated heterocycles. The number of alkyl halides is 5. The number of hydroxylamine groups is 1. The van der Waals surface area contributed by atoms with Gasteiger partial charge in [0.1, 0.15) is 11.6 Å². The van der Waals surface area contributed by atoms with Gasteiger partial charge in [-0.15, -0.1) is 0 Å². The van der Waals surface area contributed by atoms with E-state index in [0.717, 1.165) is 26.1 Å². The van der Waals surface area contributed by atoms with Crippen molar-refractivity contribution in [1.82, 2.24) is 21.4 Å². The summed E-state index contributed by atoms with van der Waals surface area (Å²) in [5.74, 6) is 7.89. The van der Waals surface area contributed by atoms with Gasteiger partial charge < -0.3 is 16.0 Å². The SMILES string of the molecule is CNC(=O)NC(C)(C(F)F)C(NC(=O)c1ccc(C#CC#Cc2ccc(C(F)(F)F)cc2)cc1)C(=O)NO. The number of urea groups is 1. The van der Waals surface area contributed by atoms with E-state index in [1.54, 1.807) is 0 Å². The fraction of sp³-hybridized carbons (Fsp3) is 0.240. The zero-order valence-electron chi connectivity index (χ0n) is 19.8. The first-order valence-electron chi connectivity index (χ1n) is 10.6. The highest BCUT2D eigenvalue weighted by Crippen LogP contribution is 2.29. The predicted octanol–water partition coefficient (Wildman–Crippen LogP) is 2.67. The molecule has 0 radical (unpaired) electrons. The number of hydrogen-bond donors (Lipinski definition) is 5. The first-order chi connectivity index (χ1) is 17.8. The van der Waals surface area contributed by atoms with Crippen LogP contribution in [0.5, 0.6) is 0 Å². The Labute approximate surface area is 213 Å². The number of rotatable bonds is 6. The highest BCUT2D eigenvalue weighted by Gasteiger charge is 2.48. The topological polar surface area (TPSA) is 120 Å². The van der Waals surface area contributed by atoms with Crippen molar-refractivity contribution in [3.05, 3.63) is 70.8 Å². The van der Waals surface area contributed by atoms with Crippen molar-refractivity contribution >= 4 is 17.8 Å². The average molecular weight is 536 g/mol. The molecule has 2 aromatic carbocycles. The summed E-state index contributed by atoms with van der Waals surface area (Å²) >= 11 is 0. The van der Waals surface area contributed by atoms with Gasteiger partial charge in [0.2, 0.25) is 0 Å². The molecule has 200 valence electrons. The van der Waals surface area contributed by atoms with E-state index in [1.807, 2.05) is 5.32 Å². The maximum absolute atomic E-state index is 13.8. The van der Waals surface area contributed by atoms with Crippen LogP contribution in [0.3, 0.4) is 0 Å². The molecular formula is C25H21F5N4O4. The normalized spacial score (nSPS) is 13.0. The van der Waals surface area contributed by atoms with Crippen molar-refractivity contribution in [3.8, 4) is 23.7 Å². The minimum absolute atomic E-state index is 0.0568. The van der Waals surface area contributed by atoms with Gasteiger partial charge in [0.15, 0.2) is 0 Å². The lowest BCUT2D eigenvalue weighted by molar-refractivity contribution is -0.137.